The summed E-state index contributed by atoms with van der Waals surface area (Å²) in [7, 11) is 0. The number of rotatable bonds is 2. The largest absolute Gasteiger partial charge is 0.508 e. The molecule has 1 aromatic carbocycles. The number of ether oxygens (including phenoxy) is 1. The first-order valence-electron chi connectivity index (χ1n) is 7.30. The molecule has 0 saturated carbocycles. The standard InChI is InChI=1S/C16H21NO3/c18-14-4-1-3-13(9-14)10-15(19)17-7-6-16(11-17)5-2-8-20-12-16/h1,3-4,9,18H,2,5-8,10-12H2. The van der Waals surface area contributed by atoms with Gasteiger partial charge in [-0.1, -0.05) is 12.1 Å². The summed E-state index contributed by atoms with van der Waals surface area (Å²) in [5, 5.41) is 9.45. The molecule has 2 aliphatic heterocycles. The lowest BCUT2D eigenvalue weighted by Gasteiger charge is -2.33. The number of carbonyl (C=O) groups is 1. The molecule has 0 bridgehead atoms. The van der Waals surface area contributed by atoms with Crippen LogP contribution in [0.3, 0.4) is 0 Å². The number of phenolic OH excluding ortho intramolecular Hbond substituents is 1. The molecule has 0 radical (unpaired) electrons. The Morgan fingerprint density at radius 3 is 3.05 bits per heavy atom. The predicted octanol–water partition coefficient (Wildman–Crippen LogP) is 1.96. The zero-order valence-corrected chi connectivity index (χ0v) is 11.7. The summed E-state index contributed by atoms with van der Waals surface area (Å²) < 4.78 is 5.60. The van der Waals surface area contributed by atoms with Gasteiger partial charge in [0.25, 0.3) is 0 Å². The van der Waals surface area contributed by atoms with Crippen LogP contribution < -0.4 is 0 Å². The Labute approximate surface area is 119 Å². The first kappa shape index (κ1) is 13.4. The van der Waals surface area contributed by atoms with Gasteiger partial charge in [-0.3, -0.25) is 4.79 Å². The summed E-state index contributed by atoms with van der Waals surface area (Å²) in [5.74, 6) is 0.368. The van der Waals surface area contributed by atoms with Crippen molar-refractivity contribution in [1.82, 2.24) is 4.90 Å². The van der Waals surface area contributed by atoms with E-state index in [9.17, 15) is 9.90 Å². The molecule has 1 aromatic rings. The Bertz CT molecular complexity index is 494. The van der Waals surface area contributed by atoms with E-state index in [0.29, 0.717) is 6.42 Å². The van der Waals surface area contributed by atoms with Crippen molar-refractivity contribution in [3.63, 3.8) is 0 Å². The summed E-state index contributed by atoms with van der Waals surface area (Å²) >= 11 is 0. The fraction of sp³-hybridized carbons (Fsp3) is 0.562. The molecule has 20 heavy (non-hydrogen) atoms. The number of hydrogen-bond acceptors (Lipinski definition) is 3. The van der Waals surface area contributed by atoms with Crippen molar-refractivity contribution in [2.75, 3.05) is 26.3 Å². The maximum atomic E-state index is 12.4. The molecule has 0 aliphatic carbocycles. The first-order chi connectivity index (χ1) is 9.67. The number of benzene rings is 1. The SMILES string of the molecule is O=C(Cc1cccc(O)c1)N1CCC2(CCCOC2)C1. The van der Waals surface area contributed by atoms with E-state index in [1.54, 1.807) is 18.2 Å². The molecule has 1 amide bonds. The van der Waals surface area contributed by atoms with Gasteiger partial charge in [-0.15, -0.1) is 0 Å². The topological polar surface area (TPSA) is 49.8 Å². The van der Waals surface area contributed by atoms with Crippen molar-refractivity contribution in [3.8, 4) is 5.75 Å². The lowest BCUT2D eigenvalue weighted by atomic mass is 9.82. The summed E-state index contributed by atoms with van der Waals surface area (Å²) in [4.78, 5) is 14.3. The molecule has 1 N–H and O–H groups in total. The van der Waals surface area contributed by atoms with Crippen molar-refractivity contribution in [1.29, 1.82) is 0 Å². The van der Waals surface area contributed by atoms with Gasteiger partial charge in [0.1, 0.15) is 5.75 Å². The fourth-order valence-electron chi connectivity index (χ4n) is 3.33. The molecule has 4 nitrogen and oxygen atoms in total. The van der Waals surface area contributed by atoms with Gasteiger partial charge in [-0.2, -0.15) is 0 Å². The Morgan fingerprint density at radius 2 is 2.30 bits per heavy atom. The summed E-state index contributed by atoms with van der Waals surface area (Å²) in [6.45, 7) is 3.31. The Morgan fingerprint density at radius 1 is 1.40 bits per heavy atom. The van der Waals surface area contributed by atoms with Crippen molar-refractivity contribution in [3.05, 3.63) is 29.8 Å². The van der Waals surface area contributed by atoms with Crippen LogP contribution in [0.5, 0.6) is 5.75 Å². The van der Waals surface area contributed by atoms with E-state index in [1.165, 1.54) is 6.42 Å². The number of aromatic hydroxyl groups is 1. The van der Waals surface area contributed by atoms with Gasteiger partial charge in [-0.25, -0.2) is 0 Å². The molecule has 4 heteroatoms. The highest BCUT2D eigenvalue weighted by atomic mass is 16.5. The van der Waals surface area contributed by atoms with E-state index < -0.39 is 0 Å². The lowest BCUT2D eigenvalue weighted by Crippen LogP contribution is -2.37. The normalized spacial score (nSPS) is 26.1. The summed E-state index contributed by atoms with van der Waals surface area (Å²) in [6, 6.07) is 6.94. The van der Waals surface area contributed by atoms with Gasteiger partial charge in [0, 0.05) is 25.1 Å². The third-order valence-electron chi connectivity index (χ3n) is 4.46. The van der Waals surface area contributed by atoms with Crippen LogP contribution >= 0.6 is 0 Å². The maximum absolute atomic E-state index is 12.4. The highest BCUT2D eigenvalue weighted by molar-refractivity contribution is 5.79. The molecule has 0 aromatic heterocycles. The number of hydrogen-bond donors (Lipinski definition) is 1. The molecule has 2 aliphatic rings. The van der Waals surface area contributed by atoms with E-state index >= 15 is 0 Å². The van der Waals surface area contributed by atoms with Crippen LogP contribution in [0.2, 0.25) is 0 Å². The molecule has 3 rings (SSSR count). The highest BCUT2D eigenvalue weighted by Crippen LogP contribution is 2.38. The second-order valence-corrected chi connectivity index (χ2v) is 6.07. The van der Waals surface area contributed by atoms with Gasteiger partial charge in [0.2, 0.25) is 5.91 Å². The molecule has 1 atom stereocenters. The Kier molecular flexibility index (Phi) is 3.66. The van der Waals surface area contributed by atoms with Crippen LogP contribution in [-0.4, -0.2) is 42.2 Å². The van der Waals surface area contributed by atoms with Crippen LogP contribution in [0.1, 0.15) is 24.8 Å². The lowest BCUT2D eigenvalue weighted by molar-refractivity contribution is -0.130. The van der Waals surface area contributed by atoms with E-state index in [1.807, 2.05) is 11.0 Å². The van der Waals surface area contributed by atoms with E-state index in [4.69, 9.17) is 4.74 Å². The molecule has 108 valence electrons. The van der Waals surface area contributed by atoms with E-state index in [0.717, 1.165) is 44.7 Å². The molecule has 1 unspecified atom stereocenters. The van der Waals surface area contributed by atoms with Gasteiger partial charge in [0.05, 0.1) is 13.0 Å². The van der Waals surface area contributed by atoms with Crippen LogP contribution in [-0.2, 0) is 16.0 Å². The van der Waals surface area contributed by atoms with Crippen LogP contribution in [0.15, 0.2) is 24.3 Å². The minimum Gasteiger partial charge on any atom is -0.508 e. The minimum atomic E-state index is 0.151. The quantitative estimate of drug-likeness (QED) is 0.897. The van der Waals surface area contributed by atoms with Crippen molar-refractivity contribution in [2.24, 2.45) is 5.41 Å². The predicted molar refractivity (Wildman–Crippen MR) is 75.5 cm³/mol. The van der Waals surface area contributed by atoms with Crippen LogP contribution in [0, 0.1) is 5.41 Å². The molecular formula is C16H21NO3. The third kappa shape index (κ3) is 2.80. The second-order valence-electron chi connectivity index (χ2n) is 6.07. The van der Waals surface area contributed by atoms with E-state index in [2.05, 4.69) is 0 Å². The van der Waals surface area contributed by atoms with Crippen molar-refractivity contribution < 1.29 is 14.6 Å². The number of likely N-dealkylation sites (tertiary alicyclic amines) is 1. The van der Waals surface area contributed by atoms with Crippen LogP contribution in [0.25, 0.3) is 0 Å². The minimum absolute atomic E-state index is 0.151. The summed E-state index contributed by atoms with van der Waals surface area (Å²) in [5.41, 5.74) is 1.07. The second kappa shape index (κ2) is 5.44. The van der Waals surface area contributed by atoms with Gasteiger partial charge >= 0.3 is 0 Å². The maximum Gasteiger partial charge on any atom is 0.227 e. The Hall–Kier alpha value is -1.55. The third-order valence-corrected chi connectivity index (χ3v) is 4.46. The van der Waals surface area contributed by atoms with Gasteiger partial charge < -0.3 is 14.7 Å². The van der Waals surface area contributed by atoms with Crippen molar-refractivity contribution >= 4 is 5.91 Å². The molecule has 1 spiro atoms. The molecular weight excluding hydrogens is 254 g/mol. The fourth-order valence-corrected chi connectivity index (χ4v) is 3.33. The highest BCUT2D eigenvalue weighted by Gasteiger charge is 2.41. The average Bonchev–Trinajstić information content (AvgIpc) is 2.83. The average molecular weight is 275 g/mol. The smallest absolute Gasteiger partial charge is 0.227 e. The molecule has 2 heterocycles. The number of nitrogens with zero attached hydrogens (tertiary/aromatic N) is 1. The zero-order chi connectivity index (χ0) is 14.0. The van der Waals surface area contributed by atoms with Gasteiger partial charge in [0.15, 0.2) is 0 Å². The number of phenols is 1. The first-order valence-corrected chi connectivity index (χ1v) is 7.30. The van der Waals surface area contributed by atoms with Crippen molar-refractivity contribution in [2.45, 2.75) is 25.7 Å². The van der Waals surface area contributed by atoms with Gasteiger partial charge in [-0.05, 0) is 37.0 Å². The Balaban J connectivity index is 1.61. The number of amides is 1. The van der Waals surface area contributed by atoms with E-state index in [-0.39, 0.29) is 17.1 Å². The zero-order valence-electron chi connectivity index (χ0n) is 11.7. The van der Waals surface area contributed by atoms with Crippen LogP contribution in [0.4, 0.5) is 0 Å². The number of carbonyl (C=O) groups excluding carboxylic acids is 1. The monoisotopic (exact) mass is 275 g/mol. The molecule has 2 saturated heterocycles. The molecule has 2 fully saturated rings. The summed E-state index contributed by atoms with van der Waals surface area (Å²) in [6.07, 6.45) is 3.70.